The number of nitrogens with one attached hydrogen (secondary N) is 2. The maximum Gasteiger partial charge on any atom is 0.349 e. The van der Waals surface area contributed by atoms with Crippen LogP contribution in [0.5, 0.6) is 5.75 Å². The number of hydrogen-bond acceptors (Lipinski definition) is 8. The van der Waals surface area contributed by atoms with Crippen LogP contribution >= 0.6 is 0 Å². The van der Waals surface area contributed by atoms with Crippen LogP contribution in [0.3, 0.4) is 0 Å². The van der Waals surface area contributed by atoms with Gasteiger partial charge in [-0.3, -0.25) is 14.3 Å². The molecule has 10 heteroatoms. The summed E-state index contributed by atoms with van der Waals surface area (Å²) in [6.45, 7) is 6.29. The van der Waals surface area contributed by atoms with Crippen LogP contribution in [0.1, 0.15) is 42.7 Å². The fraction of sp³-hybridized carbons (Fsp3) is 0.400. The Bertz CT molecular complexity index is 1350. The van der Waals surface area contributed by atoms with Crippen LogP contribution in [0.25, 0.3) is 10.9 Å². The summed E-state index contributed by atoms with van der Waals surface area (Å²) in [6.07, 6.45) is 5.09. The lowest BCUT2D eigenvalue weighted by Crippen LogP contribution is -2.43. The quantitative estimate of drug-likeness (QED) is 0.563. The molecule has 1 saturated heterocycles. The summed E-state index contributed by atoms with van der Waals surface area (Å²) in [6, 6.07) is 7.90. The molecule has 3 aromatic rings. The molecule has 1 unspecified atom stereocenters. The molecule has 10 nitrogen and oxygen atoms in total. The Balaban J connectivity index is 1.28. The molecule has 5 rings (SSSR count). The highest BCUT2D eigenvalue weighted by Gasteiger charge is 2.27. The third-order valence-electron chi connectivity index (χ3n) is 6.68. The second-order valence-corrected chi connectivity index (χ2v) is 8.94. The van der Waals surface area contributed by atoms with Gasteiger partial charge in [-0.1, -0.05) is 0 Å². The minimum atomic E-state index is -0.277. The van der Waals surface area contributed by atoms with E-state index < -0.39 is 0 Å². The highest BCUT2D eigenvalue weighted by molar-refractivity contribution is 6.06. The number of aliphatic imine (C=N–C) groups is 1. The van der Waals surface area contributed by atoms with Crippen molar-refractivity contribution in [1.29, 1.82) is 0 Å². The van der Waals surface area contributed by atoms with Crippen molar-refractivity contribution in [1.82, 2.24) is 24.8 Å². The average Bonchev–Trinajstić information content (AvgIpc) is 2.86. The molecule has 1 fully saturated rings. The first-order chi connectivity index (χ1) is 17.0. The molecule has 2 N–H and O–H groups in total. The fourth-order valence-electron chi connectivity index (χ4n) is 4.84. The van der Waals surface area contributed by atoms with Gasteiger partial charge in [-0.25, -0.2) is 14.8 Å². The first-order valence-corrected chi connectivity index (χ1v) is 11.9. The number of pyridine rings is 1. The third kappa shape index (κ3) is 4.49. The molecule has 2 aromatic heterocycles. The van der Waals surface area contributed by atoms with Crippen LogP contribution in [0.4, 0.5) is 11.5 Å². The zero-order valence-electron chi connectivity index (χ0n) is 20.1. The number of benzene rings is 1. The SMILES string of the molecule is CCn1c2c3c(cc(CN4CCC(Oc5ccc(C(=O)NC)nc5)C[C@H]4C)cc3nc1=O)NC=N2. The van der Waals surface area contributed by atoms with Crippen molar-refractivity contribution < 1.29 is 9.53 Å². The summed E-state index contributed by atoms with van der Waals surface area (Å²) >= 11 is 0. The lowest BCUT2D eigenvalue weighted by Gasteiger charge is -2.37. The number of carbonyl (C=O) groups excluding carboxylic acids is 1. The summed E-state index contributed by atoms with van der Waals surface area (Å²) in [4.78, 5) is 39.5. The smallest absolute Gasteiger partial charge is 0.349 e. The molecule has 0 aliphatic carbocycles. The van der Waals surface area contributed by atoms with Gasteiger partial charge in [0.05, 0.1) is 29.1 Å². The fourth-order valence-corrected chi connectivity index (χ4v) is 4.84. The van der Waals surface area contributed by atoms with Gasteiger partial charge < -0.3 is 15.4 Å². The van der Waals surface area contributed by atoms with Crippen LogP contribution in [0.2, 0.25) is 0 Å². The van der Waals surface area contributed by atoms with Gasteiger partial charge in [0, 0.05) is 32.7 Å². The predicted molar refractivity (Wildman–Crippen MR) is 135 cm³/mol. The highest BCUT2D eigenvalue weighted by Crippen LogP contribution is 2.34. The Morgan fingerprint density at radius 1 is 1.31 bits per heavy atom. The number of ether oxygens (including phenoxy) is 1. The number of amides is 1. The van der Waals surface area contributed by atoms with Crippen LogP contribution in [-0.4, -0.2) is 57.4 Å². The van der Waals surface area contributed by atoms with Gasteiger partial charge in [-0.15, -0.1) is 0 Å². The van der Waals surface area contributed by atoms with Crippen molar-refractivity contribution >= 4 is 34.7 Å². The van der Waals surface area contributed by atoms with Gasteiger partial charge in [0.15, 0.2) is 0 Å². The molecule has 0 bridgehead atoms. The Kier molecular flexibility index (Phi) is 6.21. The molecule has 182 valence electrons. The van der Waals surface area contributed by atoms with Crippen LogP contribution in [0, 0.1) is 0 Å². The standard InChI is InChI=1S/C25H29N7O3/c1-4-32-23-22-20(28-14-29-23)10-16(11-21(22)30-25(32)34)13-31-8-7-17(9-15(31)2)35-18-5-6-19(27-12-18)24(33)26-3/h5-6,10-12,14-15,17H,4,7-9,13H2,1-3H3,(H,26,33)(H,28,29)/t15-,17?/m1/s1. The summed E-state index contributed by atoms with van der Waals surface area (Å²) in [7, 11) is 1.58. The normalized spacial score (nSPS) is 19.4. The zero-order valence-corrected chi connectivity index (χ0v) is 20.1. The molecule has 0 saturated carbocycles. The number of carbonyl (C=O) groups is 1. The van der Waals surface area contributed by atoms with E-state index in [0.29, 0.717) is 35.4 Å². The van der Waals surface area contributed by atoms with E-state index in [9.17, 15) is 9.59 Å². The first-order valence-electron chi connectivity index (χ1n) is 11.9. The van der Waals surface area contributed by atoms with E-state index in [4.69, 9.17) is 4.74 Å². The van der Waals surface area contributed by atoms with E-state index in [2.05, 4.69) is 43.5 Å². The van der Waals surface area contributed by atoms with Gasteiger partial charge in [-0.05, 0) is 56.5 Å². The van der Waals surface area contributed by atoms with Crippen molar-refractivity contribution in [3.05, 3.63) is 52.2 Å². The van der Waals surface area contributed by atoms with E-state index in [1.165, 1.54) is 0 Å². The number of anilines is 1. The molecular formula is C25H29N7O3. The molecule has 35 heavy (non-hydrogen) atoms. The van der Waals surface area contributed by atoms with E-state index in [-0.39, 0.29) is 17.7 Å². The Morgan fingerprint density at radius 3 is 2.89 bits per heavy atom. The highest BCUT2D eigenvalue weighted by atomic mass is 16.5. The number of rotatable bonds is 6. The molecule has 0 spiro atoms. The Hall–Kier alpha value is -3.79. The lowest BCUT2D eigenvalue weighted by molar-refractivity contribution is 0.0584. The largest absolute Gasteiger partial charge is 0.489 e. The van der Waals surface area contributed by atoms with Crippen molar-refractivity contribution in [3.63, 3.8) is 0 Å². The first kappa shape index (κ1) is 23.0. The van der Waals surface area contributed by atoms with Crippen molar-refractivity contribution in [2.75, 3.05) is 18.9 Å². The van der Waals surface area contributed by atoms with Gasteiger partial charge in [0.2, 0.25) is 0 Å². The predicted octanol–water partition coefficient (Wildman–Crippen LogP) is 2.69. The van der Waals surface area contributed by atoms with Crippen LogP contribution in [-0.2, 0) is 13.1 Å². The number of piperidine rings is 1. The van der Waals surface area contributed by atoms with Crippen molar-refractivity contribution in [3.8, 4) is 5.75 Å². The molecule has 2 aliphatic rings. The molecule has 1 aromatic carbocycles. The van der Waals surface area contributed by atoms with E-state index >= 15 is 0 Å². The maximum absolute atomic E-state index is 12.5. The average molecular weight is 476 g/mol. The third-order valence-corrected chi connectivity index (χ3v) is 6.68. The molecule has 2 atom stereocenters. The van der Waals surface area contributed by atoms with Crippen molar-refractivity contribution in [2.45, 2.75) is 51.9 Å². The number of aromatic nitrogens is 3. The Morgan fingerprint density at radius 2 is 2.17 bits per heavy atom. The summed E-state index contributed by atoms with van der Waals surface area (Å²) in [5.41, 5.74) is 2.79. The maximum atomic E-state index is 12.5. The minimum absolute atomic E-state index is 0.0845. The molecule has 2 aliphatic heterocycles. The van der Waals surface area contributed by atoms with E-state index in [1.54, 1.807) is 36.3 Å². The van der Waals surface area contributed by atoms with Gasteiger partial charge in [0.1, 0.15) is 23.4 Å². The second kappa shape index (κ2) is 9.46. The summed E-state index contributed by atoms with van der Waals surface area (Å²) in [5.74, 6) is 1.11. The second-order valence-electron chi connectivity index (χ2n) is 8.94. The summed E-state index contributed by atoms with van der Waals surface area (Å²) in [5, 5.41) is 6.67. The van der Waals surface area contributed by atoms with Crippen LogP contribution < -0.4 is 21.1 Å². The Labute approximate surface area is 203 Å². The molecule has 1 amide bonds. The van der Waals surface area contributed by atoms with Crippen molar-refractivity contribution in [2.24, 2.45) is 4.99 Å². The number of likely N-dealkylation sites (tertiary alicyclic amines) is 1. The minimum Gasteiger partial charge on any atom is -0.489 e. The van der Waals surface area contributed by atoms with E-state index in [0.717, 1.165) is 42.6 Å². The van der Waals surface area contributed by atoms with Gasteiger partial charge in [-0.2, -0.15) is 4.98 Å². The summed E-state index contributed by atoms with van der Waals surface area (Å²) < 4.78 is 7.74. The number of nitrogens with zero attached hydrogens (tertiary/aromatic N) is 5. The molecule has 4 heterocycles. The van der Waals surface area contributed by atoms with E-state index in [1.807, 2.05) is 13.0 Å². The molecular weight excluding hydrogens is 446 g/mol. The van der Waals surface area contributed by atoms with Crippen LogP contribution in [0.15, 0.2) is 40.2 Å². The topological polar surface area (TPSA) is 114 Å². The van der Waals surface area contributed by atoms with Gasteiger partial charge in [0.25, 0.3) is 5.91 Å². The number of hydrogen-bond donors (Lipinski definition) is 2. The zero-order chi connectivity index (χ0) is 24.5. The molecule has 0 radical (unpaired) electrons. The van der Waals surface area contributed by atoms with Gasteiger partial charge >= 0.3 is 5.69 Å². The lowest BCUT2D eigenvalue weighted by atomic mass is 9.99. The monoisotopic (exact) mass is 475 g/mol.